The number of carbonyl (C=O) groups is 1. The fourth-order valence-corrected chi connectivity index (χ4v) is 1.92. The Labute approximate surface area is 99.0 Å². The number of aromatic nitrogens is 1. The zero-order valence-corrected chi connectivity index (χ0v) is 9.90. The molecule has 90 valence electrons. The van der Waals surface area contributed by atoms with Crippen LogP contribution in [0.4, 0.5) is 4.39 Å². The van der Waals surface area contributed by atoms with Crippen molar-refractivity contribution in [3.05, 3.63) is 35.8 Å². The minimum atomic E-state index is -0.497. The van der Waals surface area contributed by atoms with Gasteiger partial charge in [-0.3, -0.25) is 4.79 Å². The van der Waals surface area contributed by atoms with Crippen LogP contribution in [-0.4, -0.2) is 16.4 Å². The average Bonchev–Trinajstić information content (AvgIpc) is 2.65. The van der Waals surface area contributed by atoms with E-state index in [4.69, 9.17) is 5.73 Å². The van der Waals surface area contributed by atoms with E-state index in [0.717, 1.165) is 5.39 Å². The fraction of sp³-hybridized carbons (Fsp3) is 0.308. The van der Waals surface area contributed by atoms with E-state index in [9.17, 15) is 9.18 Å². The molecular formula is C13H15FN2O. The van der Waals surface area contributed by atoms with Crippen LogP contribution in [0.3, 0.4) is 0 Å². The van der Waals surface area contributed by atoms with Crippen LogP contribution in [0.2, 0.25) is 0 Å². The molecule has 2 aromatic rings. The fourth-order valence-electron chi connectivity index (χ4n) is 1.92. The van der Waals surface area contributed by atoms with Gasteiger partial charge in [-0.1, -0.05) is 6.92 Å². The normalized spacial score (nSPS) is 12.9. The van der Waals surface area contributed by atoms with Gasteiger partial charge < -0.3 is 10.3 Å². The molecule has 0 aliphatic rings. The molecule has 0 bridgehead atoms. The van der Waals surface area contributed by atoms with Crippen LogP contribution in [0, 0.1) is 5.82 Å². The van der Waals surface area contributed by atoms with Gasteiger partial charge in [-0.25, -0.2) is 4.39 Å². The van der Waals surface area contributed by atoms with Gasteiger partial charge in [0.25, 0.3) is 0 Å². The van der Waals surface area contributed by atoms with E-state index in [0.29, 0.717) is 17.6 Å². The topological polar surface area (TPSA) is 48.0 Å². The molecule has 0 saturated heterocycles. The van der Waals surface area contributed by atoms with Gasteiger partial charge in [0.05, 0.1) is 17.3 Å². The van der Waals surface area contributed by atoms with Gasteiger partial charge in [0.2, 0.25) is 0 Å². The van der Waals surface area contributed by atoms with Crippen LogP contribution >= 0.6 is 0 Å². The Kier molecular flexibility index (Phi) is 2.98. The quantitative estimate of drug-likeness (QED) is 0.828. The minimum Gasteiger partial charge on any atom is -0.341 e. The van der Waals surface area contributed by atoms with Crippen LogP contribution in [-0.2, 0) is 7.05 Å². The van der Waals surface area contributed by atoms with Crippen LogP contribution in [0.5, 0.6) is 0 Å². The van der Waals surface area contributed by atoms with Crippen molar-refractivity contribution in [2.45, 2.75) is 19.4 Å². The number of hydrogen-bond donors (Lipinski definition) is 1. The number of benzene rings is 1. The third kappa shape index (κ3) is 1.96. The van der Waals surface area contributed by atoms with Gasteiger partial charge in [-0.05, 0) is 30.7 Å². The van der Waals surface area contributed by atoms with Gasteiger partial charge >= 0.3 is 0 Å². The zero-order chi connectivity index (χ0) is 12.6. The average molecular weight is 234 g/mol. The number of ketones is 1. The molecule has 0 spiro atoms. The molecule has 1 atom stereocenters. The molecule has 2 rings (SSSR count). The number of hydrogen-bond acceptors (Lipinski definition) is 2. The Morgan fingerprint density at radius 3 is 2.82 bits per heavy atom. The van der Waals surface area contributed by atoms with Gasteiger partial charge in [-0.15, -0.1) is 0 Å². The Morgan fingerprint density at radius 2 is 2.18 bits per heavy atom. The lowest BCUT2D eigenvalue weighted by molar-refractivity contribution is 0.0952. The lowest BCUT2D eigenvalue weighted by Crippen LogP contribution is -2.30. The van der Waals surface area contributed by atoms with Crippen molar-refractivity contribution in [3.63, 3.8) is 0 Å². The molecule has 0 saturated carbocycles. The second-order valence-corrected chi connectivity index (χ2v) is 4.17. The summed E-state index contributed by atoms with van der Waals surface area (Å²) >= 11 is 0. The Bertz CT molecular complexity index is 574. The van der Waals surface area contributed by atoms with E-state index in [2.05, 4.69) is 0 Å². The predicted octanol–water partition coefficient (Wildman–Crippen LogP) is 2.24. The SMILES string of the molecule is CCC(N)C(=O)c1cc2ccc(F)cc2n1C. The highest BCUT2D eigenvalue weighted by molar-refractivity contribution is 6.02. The van der Waals surface area contributed by atoms with E-state index in [-0.39, 0.29) is 11.6 Å². The highest BCUT2D eigenvalue weighted by atomic mass is 19.1. The molecule has 0 radical (unpaired) electrons. The zero-order valence-electron chi connectivity index (χ0n) is 9.90. The molecule has 2 N–H and O–H groups in total. The second kappa shape index (κ2) is 4.30. The smallest absolute Gasteiger partial charge is 0.195 e. The molecular weight excluding hydrogens is 219 g/mol. The van der Waals surface area contributed by atoms with Crippen molar-refractivity contribution >= 4 is 16.7 Å². The summed E-state index contributed by atoms with van der Waals surface area (Å²) in [5.74, 6) is -0.413. The summed E-state index contributed by atoms with van der Waals surface area (Å²) in [6.45, 7) is 1.87. The number of aryl methyl sites for hydroxylation is 1. The summed E-state index contributed by atoms with van der Waals surface area (Å²) in [7, 11) is 1.75. The van der Waals surface area contributed by atoms with Crippen molar-refractivity contribution in [1.29, 1.82) is 0 Å². The maximum atomic E-state index is 13.1. The predicted molar refractivity (Wildman–Crippen MR) is 65.5 cm³/mol. The van der Waals surface area contributed by atoms with Crippen molar-refractivity contribution < 1.29 is 9.18 Å². The van der Waals surface area contributed by atoms with Gasteiger partial charge in [0.15, 0.2) is 5.78 Å². The molecule has 0 aliphatic heterocycles. The summed E-state index contributed by atoms with van der Waals surface area (Å²) in [6.07, 6.45) is 0.592. The molecule has 0 amide bonds. The van der Waals surface area contributed by atoms with Crippen molar-refractivity contribution in [2.75, 3.05) is 0 Å². The minimum absolute atomic E-state index is 0.105. The first kappa shape index (κ1) is 11.8. The molecule has 1 aromatic heterocycles. The van der Waals surface area contributed by atoms with E-state index in [1.807, 2.05) is 6.92 Å². The highest BCUT2D eigenvalue weighted by Gasteiger charge is 2.18. The summed E-state index contributed by atoms with van der Waals surface area (Å²) in [5, 5.41) is 0.848. The first-order chi connectivity index (χ1) is 8.04. The van der Waals surface area contributed by atoms with E-state index in [1.165, 1.54) is 12.1 Å². The van der Waals surface area contributed by atoms with Crippen LogP contribution in [0.1, 0.15) is 23.8 Å². The van der Waals surface area contributed by atoms with Crippen molar-refractivity contribution in [1.82, 2.24) is 4.57 Å². The third-order valence-corrected chi connectivity index (χ3v) is 3.04. The van der Waals surface area contributed by atoms with Gasteiger partial charge in [0, 0.05) is 12.4 Å². The summed E-state index contributed by atoms with van der Waals surface area (Å²) in [4.78, 5) is 12.0. The molecule has 1 unspecified atom stereocenters. The number of fused-ring (bicyclic) bond motifs is 1. The maximum absolute atomic E-state index is 13.1. The summed E-state index contributed by atoms with van der Waals surface area (Å²) in [5.41, 5.74) is 6.97. The number of Topliss-reactive ketones (excluding diaryl/α,β-unsaturated/α-hetero) is 1. The molecule has 1 aromatic carbocycles. The van der Waals surface area contributed by atoms with Crippen LogP contribution in [0.25, 0.3) is 10.9 Å². The Balaban J connectivity index is 2.56. The molecule has 0 fully saturated rings. The molecule has 1 heterocycles. The Hall–Kier alpha value is -1.68. The largest absolute Gasteiger partial charge is 0.341 e. The maximum Gasteiger partial charge on any atom is 0.195 e. The Morgan fingerprint density at radius 1 is 1.47 bits per heavy atom. The van der Waals surface area contributed by atoms with Gasteiger partial charge in [0.1, 0.15) is 5.82 Å². The van der Waals surface area contributed by atoms with E-state index in [1.54, 1.807) is 23.7 Å². The first-order valence-electron chi connectivity index (χ1n) is 5.59. The molecule has 0 aliphatic carbocycles. The molecule has 17 heavy (non-hydrogen) atoms. The number of nitrogens with zero attached hydrogens (tertiary/aromatic N) is 1. The molecule has 3 nitrogen and oxygen atoms in total. The summed E-state index contributed by atoms with van der Waals surface area (Å²) < 4.78 is 14.8. The number of carbonyl (C=O) groups excluding carboxylic acids is 1. The number of rotatable bonds is 3. The molecule has 4 heteroatoms. The summed E-state index contributed by atoms with van der Waals surface area (Å²) in [6, 6.07) is 5.73. The first-order valence-corrected chi connectivity index (χ1v) is 5.59. The van der Waals surface area contributed by atoms with Crippen LogP contribution in [0.15, 0.2) is 24.3 Å². The van der Waals surface area contributed by atoms with Gasteiger partial charge in [-0.2, -0.15) is 0 Å². The second-order valence-electron chi connectivity index (χ2n) is 4.17. The third-order valence-electron chi connectivity index (χ3n) is 3.04. The van der Waals surface area contributed by atoms with E-state index >= 15 is 0 Å². The lowest BCUT2D eigenvalue weighted by Gasteiger charge is -2.08. The van der Waals surface area contributed by atoms with Crippen molar-refractivity contribution in [2.24, 2.45) is 12.8 Å². The standard InChI is InChI=1S/C13H15FN2O/c1-3-10(15)13(17)12-6-8-4-5-9(14)7-11(8)16(12)2/h4-7,10H,3,15H2,1-2H3. The van der Waals surface area contributed by atoms with Crippen LogP contribution < -0.4 is 5.73 Å². The monoisotopic (exact) mass is 234 g/mol. The number of nitrogens with two attached hydrogens (primary N) is 1. The van der Waals surface area contributed by atoms with Crippen molar-refractivity contribution in [3.8, 4) is 0 Å². The lowest BCUT2D eigenvalue weighted by atomic mass is 10.1. The number of halogens is 1. The van der Waals surface area contributed by atoms with E-state index < -0.39 is 6.04 Å². The highest BCUT2D eigenvalue weighted by Crippen LogP contribution is 2.20.